The van der Waals surface area contributed by atoms with E-state index in [-0.39, 0.29) is 11.3 Å². The van der Waals surface area contributed by atoms with Gasteiger partial charge in [-0.1, -0.05) is 20.4 Å². The molecule has 2 heterocycles. The van der Waals surface area contributed by atoms with Crippen molar-refractivity contribution in [3.63, 3.8) is 0 Å². The van der Waals surface area contributed by atoms with Gasteiger partial charge in [0.05, 0.1) is 37.3 Å². The average molecular weight is 635 g/mol. The summed E-state index contributed by atoms with van der Waals surface area (Å²) in [6, 6.07) is 10.3. The van der Waals surface area contributed by atoms with Crippen LogP contribution in [0.1, 0.15) is 51.9 Å². The Morgan fingerprint density at radius 3 is 2.02 bits per heavy atom. The lowest BCUT2D eigenvalue weighted by molar-refractivity contribution is -0.368. The molecule has 0 aliphatic heterocycles. The maximum Gasteiger partial charge on any atom is 0.378 e. The monoisotopic (exact) mass is 634 g/mol. The van der Waals surface area contributed by atoms with Crippen molar-refractivity contribution in [3.05, 3.63) is 59.9 Å². The third-order valence-corrected chi connectivity index (χ3v) is 7.19. The van der Waals surface area contributed by atoms with E-state index in [4.69, 9.17) is 9.72 Å². The van der Waals surface area contributed by atoms with Crippen LogP contribution in [-0.4, -0.2) is 52.4 Å². The first-order valence-electron chi connectivity index (χ1n) is 14.0. The lowest BCUT2D eigenvalue weighted by atomic mass is 9.95. The van der Waals surface area contributed by atoms with E-state index in [1.807, 2.05) is 43.5 Å². The number of hydrogen-bond acceptors (Lipinski definition) is 4. The highest BCUT2D eigenvalue weighted by molar-refractivity contribution is 5.88. The molecule has 0 N–H and O–H groups in total. The quantitative estimate of drug-likeness (QED) is 0.0954. The summed E-state index contributed by atoms with van der Waals surface area (Å²) >= 11 is 0. The number of benzene rings is 1. The lowest BCUT2D eigenvalue weighted by Crippen LogP contribution is -2.62. The molecule has 13 heteroatoms. The molecule has 0 amide bonds. The average Bonchev–Trinajstić information content (AvgIpc) is 3.33. The topological polar surface area (TPSA) is 53.4 Å². The number of hydrogen-bond donors (Lipinski definition) is 0. The highest BCUT2D eigenvalue weighted by Gasteiger charge is 2.79. The number of alkyl halides is 8. The van der Waals surface area contributed by atoms with Crippen LogP contribution in [-0.2, 0) is 28.9 Å². The van der Waals surface area contributed by atoms with Gasteiger partial charge in [-0.2, -0.15) is 35.1 Å². The zero-order valence-electron chi connectivity index (χ0n) is 24.8. The molecule has 44 heavy (non-hydrogen) atoms. The highest BCUT2D eigenvalue weighted by atomic mass is 19.4. The second-order valence-corrected chi connectivity index (χ2v) is 10.3. The summed E-state index contributed by atoms with van der Waals surface area (Å²) in [7, 11) is 0. The Morgan fingerprint density at radius 2 is 1.48 bits per heavy atom. The van der Waals surface area contributed by atoms with Crippen molar-refractivity contribution >= 4 is 16.9 Å². The van der Waals surface area contributed by atoms with E-state index in [0.29, 0.717) is 18.5 Å². The minimum atomic E-state index is -6.47. The molecule has 0 fully saturated rings. The van der Waals surface area contributed by atoms with Gasteiger partial charge in [-0.05, 0) is 57.0 Å². The minimum absolute atomic E-state index is 0.0115. The predicted molar refractivity (Wildman–Crippen MR) is 150 cm³/mol. The van der Waals surface area contributed by atoms with E-state index in [1.165, 1.54) is 12.1 Å². The highest BCUT2D eigenvalue weighted by Crippen LogP contribution is 2.54. The van der Waals surface area contributed by atoms with Crippen LogP contribution in [0.2, 0.25) is 0 Å². The predicted octanol–water partition coefficient (Wildman–Crippen LogP) is 8.67. The Kier molecular flexibility index (Phi) is 10.4. The fourth-order valence-electron chi connectivity index (χ4n) is 4.60. The fourth-order valence-corrected chi connectivity index (χ4v) is 4.60. The van der Waals surface area contributed by atoms with Crippen molar-refractivity contribution in [2.24, 2.45) is 0 Å². The number of esters is 1. The lowest BCUT2D eigenvalue weighted by Gasteiger charge is -2.36. The minimum Gasteiger partial charge on any atom is -0.493 e. The number of rotatable bonds is 15. The van der Waals surface area contributed by atoms with Crippen LogP contribution in [0.3, 0.4) is 0 Å². The Labute approximate surface area is 249 Å². The second-order valence-electron chi connectivity index (χ2n) is 10.3. The summed E-state index contributed by atoms with van der Waals surface area (Å²) in [6.45, 7) is 8.06. The van der Waals surface area contributed by atoms with Crippen molar-refractivity contribution in [1.82, 2.24) is 9.55 Å². The summed E-state index contributed by atoms with van der Waals surface area (Å²) in [6.07, 6.45) is -2.65. The van der Waals surface area contributed by atoms with E-state index < -0.39 is 55.7 Å². The molecule has 1 aromatic carbocycles. The number of pyridine rings is 1. The molecule has 242 valence electrons. The number of carbonyl (C=O) groups excluding carboxylic acids is 1. The maximum absolute atomic E-state index is 14.4. The van der Waals surface area contributed by atoms with Gasteiger partial charge in [0.15, 0.2) is 0 Å². The number of aryl methyl sites for hydroxylation is 3. The maximum atomic E-state index is 14.4. The number of halogens is 8. The Balaban J connectivity index is 1.77. The molecule has 3 rings (SSSR count). The van der Waals surface area contributed by atoms with Crippen molar-refractivity contribution in [3.8, 4) is 17.0 Å². The van der Waals surface area contributed by atoms with Crippen LogP contribution in [0.15, 0.2) is 48.6 Å². The van der Waals surface area contributed by atoms with Crippen LogP contribution in [0.4, 0.5) is 35.1 Å². The molecule has 0 radical (unpaired) electrons. The van der Waals surface area contributed by atoms with Crippen molar-refractivity contribution in [2.45, 2.75) is 83.6 Å². The van der Waals surface area contributed by atoms with Crippen LogP contribution >= 0.6 is 0 Å². The van der Waals surface area contributed by atoms with Crippen LogP contribution in [0, 0.1) is 0 Å². The third kappa shape index (κ3) is 6.71. The summed E-state index contributed by atoms with van der Waals surface area (Å²) in [5.41, 5.74) is 3.95. The molecule has 0 bridgehead atoms. The van der Waals surface area contributed by atoms with Gasteiger partial charge in [-0.25, -0.2) is 4.79 Å². The first-order chi connectivity index (χ1) is 20.4. The molecule has 0 atom stereocenters. The zero-order valence-corrected chi connectivity index (χ0v) is 24.8. The summed E-state index contributed by atoms with van der Waals surface area (Å²) in [4.78, 5) is 16.0. The standard InChI is InChI=1S/C31H34F8N2O3/c1-6-21-10-12-23(24(7-2)40-21)26-17-20-9-11-22(18-25(20)41(26)8-3)43-15-13-28(32,33)30(36,37)31(38,39)29(34,35)14-16-44-27(42)19(4)5/h9-12,17-18H,4,6-8,13-16H2,1-3,5H3. The van der Waals surface area contributed by atoms with Gasteiger partial charge in [0.2, 0.25) is 0 Å². The Hall–Kier alpha value is -3.64. The molecular formula is C31H34F8N2O3. The van der Waals surface area contributed by atoms with E-state index in [2.05, 4.69) is 11.3 Å². The van der Waals surface area contributed by atoms with Gasteiger partial charge < -0.3 is 14.0 Å². The zero-order chi connectivity index (χ0) is 33.1. The van der Waals surface area contributed by atoms with E-state index in [1.54, 1.807) is 6.07 Å². The van der Waals surface area contributed by atoms with Crippen molar-refractivity contribution in [1.29, 1.82) is 0 Å². The van der Waals surface area contributed by atoms with Gasteiger partial charge in [-0.15, -0.1) is 0 Å². The van der Waals surface area contributed by atoms with Gasteiger partial charge in [0.1, 0.15) is 5.75 Å². The molecule has 0 saturated heterocycles. The molecule has 0 unspecified atom stereocenters. The molecule has 0 aliphatic rings. The Bertz CT molecular complexity index is 1500. The molecule has 0 aliphatic carbocycles. The van der Waals surface area contributed by atoms with E-state index >= 15 is 0 Å². The molecule has 0 saturated carbocycles. The van der Waals surface area contributed by atoms with Gasteiger partial charge in [0.25, 0.3) is 0 Å². The van der Waals surface area contributed by atoms with Crippen LogP contribution in [0.25, 0.3) is 22.2 Å². The first-order valence-corrected chi connectivity index (χ1v) is 14.0. The summed E-state index contributed by atoms with van der Waals surface area (Å²) in [5, 5.41) is 0.767. The van der Waals surface area contributed by atoms with Crippen LogP contribution in [0.5, 0.6) is 5.75 Å². The number of fused-ring (bicyclic) bond motifs is 1. The van der Waals surface area contributed by atoms with Gasteiger partial charge in [0, 0.05) is 40.5 Å². The van der Waals surface area contributed by atoms with Crippen molar-refractivity contribution in [2.75, 3.05) is 13.2 Å². The van der Waals surface area contributed by atoms with Crippen molar-refractivity contribution < 1.29 is 49.4 Å². The van der Waals surface area contributed by atoms with Crippen LogP contribution < -0.4 is 4.74 Å². The normalized spacial score (nSPS) is 12.9. The summed E-state index contributed by atoms with van der Waals surface area (Å²) < 4.78 is 125. The molecule has 5 nitrogen and oxygen atoms in total. The van der Waals surface area contributed by atoms with E-state index in [9.17, 15) is 39.9 Å². The number of carbonyl (C=O) groups is 1. The molecule has 0 spiro atoms. The molecule has 3 aromatic rings. The number of aromatic nitrogens is 2. The fraction of sp³-hybridized carbons (Fsp3) is 0.484. The molecular weight excluding hydrogens is 600 g/mol. The molecule has 2 aromatic heterocycles. The Morgan fingerprint density at radius 1 is 0.864 bits per heavy atom. The third-order valence-electron chi connectivity index (χ3n) is 7.19. The second kappa shape index (κ2) is 13.2. The SMILES string of the molecule is C=C(C)C(=O)OCCC(F)(F)C(F)(F)C(F)(F)C(F)(F)CCOc1ccc2cc(-c3ccc(CC)nc3CC)n(CC)c2c1. The first kappa shape index (κ1) is 34.8. The number of ether oxygens (including phenoxy) is 2. The van der Waals surface area contributed by atoms with Gasteiger partial charge >= 0.3 is 29.7 Å². The largest absolute Gasteiger partial charge is 0.493 e. The van der Waals surface area contributed by atoms with E-state index in [0.717, 1.165) is 41.4 Å². The summed E-state index contributed by atoms with van der Waals surface area (Å²) in [5.74, 6) is -25.4. The number of nitrogens with zero attached hydrogens (tertiary/aromatic N) is 2. The smallest absolute Gasteiger partial charge is 0.378 e. The van der Waals surface area contributed by atoms with Gasteiger partial charge in [-0.3, -0.25) is 4.98 Å².